The Labute approximate surface area is 130 Å². The van der Waals surface area contributed by atoms with Gasteiger partial charge in [0.05, 0.1) is 4.90 Å². The van der Waals surface area contributed by atoms with Gasteiger partial charge in [0, 0.05) is 17.2 Å². The van der Waals surface area contributed by atoms with Crippen LogP contribution in [0.15, 0.2) is 23.1 Å². The smallest absolute Gasteiger partial charge is 0.261 e. The van der Waals surface area contributed by atoms with Crippen LogP contribution in [0.2, 0.25) is 0 Å². The summed E-state index contributed by atoms with van der Waals surface area (Å²) in [5.74, 6) is 0.747. The highest BCUT2D eigenvalue weighted by atomic mass is 35.7. The predicted octanol–water partition coefficient (Wildman–Crippen LogP) is 2.46. The van der Waals surface area contributed by atoms with Gasteiger partial charge < -0.3 is 10.1 Å². The Hall–Kier alpha value is -1.27. The molecule has 1 aromatic rings. The molecule has 0 spiro atoms. The Morgan fingerprint density at radius 2 is 2.05 bits per heavy atom. The first kappa shape index (κ1) is 17.8. The highest BCUT2D eigenvalue weighted by Crippen LogP contribution is 2.23. The van der Waals surface area contributed by atoms with Crippen LogP contribution in [-0.4, -0.2) is 27.5 Å². The highest BCUT2D eigenvalue weighted by molar-refractivity contribution is 8.13. The van der Waals surface area contributed by atoms with Crippen LogP contribution in [0.4, 0.5) is 0 Å². The predicted molar refractivity (Wildman–Crippen MR) is 82.2 cm³/mol. The summed E-state index contributed by atoms with van der Waals surface area (Å²) in [5.41, 5.74) is 0.475. The van der Waals surface area contributed by atoms with Crippen molar-refractivity contribution in [2.45, 2.75) is 32.1 Å². The van der Waals surface area contributed by atoms with Crippen LogP contribution in [0, 0.1) is 12.8 Å². The van der Waals surface area contributed by atoms with Gasteiger partial charge in [-0.2, -0.15) is 0 Å². The van der Waals surface area contributed by atoms with E-state index < -0.39 is 9.05 Å². The van der Waals surface area contributed by atoms with Gasteiger partial charge in [-0.1, -0.05) is 13.8 Å². The third-order valence-corrected chi connectivity index (χ3v) is 4.30. The lowest BCUT2D eigenvalue weighted by atomic mass is 10.1. The van der Waals surface area contributed by atoms with Gasteiger partial charge in [-0.25, -0.2) is 8.42 Å². The normalized spacial score (nSPS) is 11.5. The molecule has 0 aliphatic rings. The summed E-state index contributed by atoms with van der Waals surface area (Å²) < 4.78 is 27.9. The molecule has 118 valence electrons. The van der Waals surface area contributed by atoms with Crippen molar-refractivity contribution < 1.29 is 17.9 Å². The Morgan fingerprint density at radius 3 is 2.57 bits per heavy atom. The molecule has 0 saturated carbocycles. The molecule has 0 aromatic heterocycles. The SMILES string of the molecule is Cc1cc(OCC(=O)NCCC(C)C)ccc1S(=O)(=O)Cl. The van der Waals surface area contributed by atoms with Gasteiger partial charge in [0.1, 0.15) is 5.75 Å². The quantitative estimate of drug-likeness (QED) is 0.778. The number of rotatable bonds is 7. The van der Waals surface area contributed by atoms with Crippen LogP contribution in [0.1, 0.15) is 25.8 Å². The van der Waals surface area contributed by atoms with Crippen molar-refractivity contribution in [2.75, 3.05) is 13.2 Å². The van der Waals surface area contributed by atoms with Gasteiger partial charge in [-0.3, -0.25) is 4.79 Å². The Bertz CT molecular complexity index is 599. The summed E-state index contributed by atoms with van der Waals surface area (Å²) in [6.07, 6.45) is 0.910. The van der Waals surface area contributed by atoms with E-state index in [1.807, 2.05) is 0 Å². The van der Waals surface area contributed by atoms with Crippen molar-refractivity contribution in [1.29, 1.82) is 0 Å². The summed E-state index contributed by atoms with van der Waals surface area (Å²) in [5, 5.41) is 2.75. The molecule has 0 saturated heterocycles. The minimum Gasteiger partial charge on any atom is -0.484 e. The largest absolute Gasteiger partial charge is 0.484 e. The van der Waals surface area contributed by atoms with Crippen LogP contribution >= 0.6 is 10.7 Å². The molecule has 1 N–H and O–H groups in total. The van der Waals surface area contributed by atoms with Gasteiger partial charge in [-0.15, -0.1) is 0 Å². The van der Waals surface area contributed by atoms with E-state index in [2.05, 4.69) is 19.2 Å². The number of nitrogens with one attached hydrogen (secondary N) is 1. The maximum absolute atomic E-state index is 11.6. The van der Waals surface area contributed by atoms with Crippen molar-refractivity contribution in [3.63, 3.8) is 0 Å². The van der Waals surface area contributed by atoms with Crippen LogP contribution in [-0.2, 0) is 13.8 Å². The first-order valence-electron chi connectivity index (χ1n) is 6.65. The first-order chi connectivity index (χ1) is 9.70. The maximum atomic E-state index is 11.6. The molecule has 1 amide bonds. The molecule has 0 bridgehead atoms. The standard InChI is InChI=1S/C14H20ClNO4S/c1-10(2)6-7-16-14(17)9-20-12-4-5-13(11(3)8-12)21(15,18)19/h4-5,8,10H,6-7,9H2,1-3H3,(H,16,17). The lowest BCUT2D eigenvalue weighted by Crippen LogP contribution is -2.30. The van der Waals surface area contributed by atoms with E-state index in [4.69, 9.17) is 15.4 Å². The number of benzene rings is 1. The van der Waals surface area contributed by atoms with E-state index in [-0.39, 0.29) is 17.4 Å². The molecule has 0 fully saturated rings. The number of hydrogen-bond donors (Lipinski definition) is 1. The van der Waals surface area contributed by atoms with Crippen molar-refractivity contribution in [1.82, 2.24) is 5.32 Å². The van der Waals surface area contributed by atoms with Gasteiger partial charge in [0.15, 0.2) is 6.61 Å². The molecule has 21 heavy (non-hydrogen) atoms. The van der Waals surface area contributed by atoms with E-state index in [0.717, 1.165) is 6.42 Å². The van der Waals surface area contributed by atoms with Gasteiger partial charge >= 0.3 is 0 Å². The molecule has 0 unspecified atom stereocenters. The number of carbonyl (C=O) groups excluding carboxylic acids is 1. The fraction of sp³-hybridized carbons (Fsp3) is 0.500. The molecule has 0 aliphatic carbocycles. The third kappa shape index (κ3) is 6.35. The van der Waals surface area contributed by atoms with Crippen LogP contribution in [0.3, 0.4) is 0 Å². The van der Waals surface area contributed by atoms with Gasteiger partial charge in [0.2, 0.25) is 0 Å². The summed E-state index contributed by atoms with van der Waals surface area (Å²) >= 11 is 0. The van der Waals surface area contributed by atoms with Crippen molar-refractivity contribution in [3.8, 4) is 5.75 Å². The first-order valence-corrected chi connectivity index (χ1v) is 8.96. The molecule has 1 rings (SSSR count). The zero-order chi connectivity index (χ0) is 16.0. The lowest BCUT2D eigenvalue weighted by Gasteiger charge is -2.10. The molecule has 0 atom stereocenters. The Balaban J connectivity index is 2.53. The molecule has 5 nitrogen and oxygen atoms in total. The zero-order valence-electron chi connectivity index (χ0n) is 12.3. The van der Waals surface area contributed by atoms with Crippen molar-refractivity contribution >= 4 is 25.6 Å². The fourth-order valence-corrected chi connectivity index (χ4v) is 2.88. The number of aryl methyl sites for hydroxylation is 1. The number of carbonyl (C=O) groups is 1. The minimum absolute atomic E-state index is 0.0397. The maximum Gasteiger partial charge on any atom is 0.261 e. The van der Waals surface area contributed by atoms with Crippen LogP contribution in [0.25, 0.3) is 0 Å². The monoisotopic (exact) mass is 333 g/mol. The number of ether oxygens (including phenoxy) is 1. The van der Waals surface area contributed by atoms with E-state index in [1.54, 1.807) is 6.92 Å². The van der Waals surface area contributed by atoms with Gasteiger partial charge in [0.25, 0.3) is 15.0 Å². The minimum atomic E-state index is -3.76. The summed E-state index contributed by atoms with van der Waals surface area (Å²) in [4.78, 5) is 11.6. The molecule has 1 aromatic carbocycles. The lowest BCUT2D eigenvalue weighted by molar-refractivity contribution is -0.123. The third-order valence-electron chi connectivity index (χ3n) is 2.82. The Kier molecular flexibility index (Phi) is 6.48. The molecule has 7 heteroatoms. The second-order valence-electron chi connectivity index (χ2n) is 5.19. The summed E-state index contributed by atoms with van der Waals surface area (Å²) in [7, 11) is 1.53. The van der Waals surface area contributed by atoms with Crippen molar-refractivity contribution in [2.24, 2.45) is 5.92 Å². The summed E-state index contributed by atoms with van der Waals surface area (Å²) in [6.45, 7) is 6.29. The van der Waals surface area contributed by atoms with Crippen LogP contribution in [0.5, 0.6) is 5.75 Å². The van der Waals surface area contributed by atoms with Crippen LogP contribution < -0.4 is 10.1 Å². The second-order valence-corrected chi connectivity index (χ2v) is 7.72. The highest BCUT2D eigenvalue weighted by Gasteiger charge is 2.14. The molecular weight excluding hydrogens is 314 g/mol. The number of halogens is 1. The topological polar surface area (TPSA) is 72.5 Å². The fourth-order valence-electron chi connectivity index (χ4n) is 1.69. The number of hydrogen-bond acceptors (Lipinski definition) is 4. The molecule has 0 heterocycles. The Morgan fingerprint density at radius 1 is 1.38 bits per heavy atom. The van der Waals surface area contributed by atoms with E-state index in [0.29, 0.717) is 23.8 Å². The van der Waals surface area contributed by atoms with E-state index in [1.165, 1.54) is 18.2 Å². The molecule has 0 radical (unpaired) electrons. The summed E-state index contributed by atoms with van der Waals surface area (Å²) in [6, 6.07) is 4.38. The molecular formula is C14H20ClNO4S. The molecule has 0 aliphatic heterocycles. The average Bonchev–Trinajstić information content (AvgIpc) is 2.34. The second kappa shape index (κ2) is 7.66. The van der Waals surface area contributed by atoms with Gasteiger partial charge in [-0.05, 0) is 43.0 Å². The van der Waals surface area contributed by atoms with E-state index >= 15 is 0 Å². The number of amides is 1. The zero-order valence-corrected chi connectivity index (χ0v) is 13.9. The van der Waals surface area contributed by atoms with E-state index in [9.17, 15) is 13.2 Å². The van der Waals surface area contributed by atoms with Crippen molar-refractivity contribution in [3.05, 3.63) is 23.8 Å². The average molecular weight is 334 g/mol.